The van der Waals surface area contributed by atoms with E-state index in [2.05, 4.69) is 15.0 Å². The lowest BCUT2D eigenvalue weighted by molar-refractivity contribution is 0.549. The Morgan fingerprint density at radius 2 is 1.78 bits per heavy atom. The number of anilines is 2. The summed E-state index contributed by atoms with van der Waals surface area (Å²) in [5, 5.41) is 3.95. The number of aryl methyl sites for hydroxylation is 1. The average Bonchev–Trinajstić information content (AvgIpc) is 3.45. The van der Waals surface area contributed by atoms with E-state index in [1.54, 1.807) is 24.4 Å². The maximum absolute atomic E-state index is 13.6. The van der Waals surface area contributed by atoms with Crippen LogP contribution in [0.3, 0.4) is 0 Å². The van der Waals surface area contributed by atoms with Gasteiger partial charge in [0.1, 0.15) is 11.9 Å². The van der Waals surface area contributed by atoms with Crippen molar-refractivity contribution in [1.82, 2.24) is 14.9 Å². The Kier molecular flexibility index (Phi) is 6.23. The number of hydrogen-bond acceptors (Lipinski definition) is 4. The second kappa shape index (κ2) is 9.36. The molecule has 184 valence electrons. The molecule has 0 radical (unpaired) electrons. The van der Waals surface area contributed by atoms with Crippen molar-refractivity contribution in [2.24, 2.45) is 0 Å². The Morgan fingerprint density at radius 1 is 1.03 bits per heavy atom. The Bertz CT molecular complexity index is 1520. The van der Waals surface area contributed by atoms with Crippen LogP contribution in [0, 0.1) is 12.7 Å². The van der Waals surface area contributed by atoms with E-state index in [1.165, 1.54) is 12.1 Å². The summed E-state index contributed by atoms with van der Waals surface area (Å²) in [6.07, 6.45) is 4.80. The van der Waals surface area contributed by atoms with Gasteiger partial charge in [0.2, 0.25) is 10.0 Å². The van der Waals surface area contributed by atoms with Crippen LogP contribution >= 0.6 is 12.2 Å². The summed E-state index contributed by atoms with van der Waals surface area (Å²) in [7, 11) is -3.41. The highest BCUT2D eigenvalue weighted by Crippen LogP contribution is 2.42. The van der Waals surface area contributed by atoms with E-state index >= 15 is 0 Å². The zero-order chi connectivity index (χ0) is 25.4. The lowest BCUT2D eigenvalue weighted by Gasteiger charge is -2.29. The number of sulfonamides is 1. The van der Waals surface area contributed by atoms with Crippen LogP contribution in [-0.4, -0.2) is 29.3 Å². The molecular weight excluding hydrogens is 497 g/mol. The summed E-state index contributed by atoms with van der Waals surface area (Å²) in [5.41, 5.74) is 4.64. The molecule has 2 aromatic heterocycles. The number of hydrogen-bond donors (Lipinski definition) is 2. The highest BCUT2D eigenvalue weighted by atomic mass is 32.2. The normalized spacial score (nSPS) is 17.8. The number of halogens is 1. The van der Waals surface area contributed by atoms with Gasteiger partial charge >= 0.3 is 0 Å². The van der Waals surface area contributed by atoms with Gasteiger partial charge in [-0.1, -0.05) is 6.07 Å². The third-order valence-electron chi connectivity index (χ3n) is 6.07. The van der Waals surface area contributed by atoms with E-state index in [0.717, 1.165) is 34.6 Å². The molecule has 1 saturated heterocycles. The smallest absolute Gasteiger partial charge is 0.229 e. The molecule has 0 spiro atoms. The summed E-state index contributed by atoms with van der Waals surface area (Å²) in [4.78, 5) is 6.60. The Morgan fingerprint density at radius 3 is 2.44 bits per heavy atom. The first-order chi connectivity index (χ1) is 17.2. The van der Waals surface area contributed by atoms with Gasteiger partial charge in [0, 0.05) is 29.5 Å². The van der Waals surface area contributed by atoms with E-state index in [1.807, 2.05) is 65.1 Å². The standard InChI is InChI=1S/C26H24FN5O2S2/c1-17-16-20(12-13-21(17)30-36(2,33)34)32-25(24(29-26(32)35)22-6-3-4-14-28-22)23-7-5-15-31(23)19-10-8-18(27)9-11-19/h3-16,24-25,30H,1-2H3,(H,29,35)/t24-,25-/m1/s1. The van der Waals surface area contributed by atoms with Crippen molar-refractivity contribution < 1.29 is 12.8 Å². The van der Waals surface area contributed by atoms with E-state index in [-0.39, 0.29) is 17.9 Å². The molecular formula is C26H24FN5O2S2. The number of rotatable bonds is 6. The molecule has 0 bridgehead atoms. The van der Waals surface area contributed by atoms with Crippen LogP contribution in [0.2, 0.25) is 0 Å². The fraction of sp³-hybridized carbons (Fsp3) is 0.154. The van der Waals surface area contributed by atoms with Gasteiger partial charge in [0.25, 0.3) is 0 Å². The second-order valence-corrected chi connectivity index (χ2v) is 10.8. The summed E-state index contributed by atoms with van der Waals surface area (Å²) < 4.78 is 41.7. The van der Waals surface area contributed by atoms with Crippen molar-refractivity contribution in [2.75, 3.05) is 15.9 Å². The summed E-state index contributed by atoms with van der Waals surface area (Å²) in [6.45, 7) is 1.84. The molecule has 0 saturated carbocycles. The number of thiocarbonyl (C=S) groups is 1. The monoisotopic (exact) mass is 521 g/mol. The molecule has 5 rings (SSSR count). The highest BCUT2D eigenvalue weighted by Gasteiger charge is 2.42. The van der Waals surface area contributed by atoms with Gasteiger partial charge < -0.3 is 14.8 Å². The molecule has 7 nitrogen and oxygen atoms in total. The molecule has 36 heavy (non-hydrogen) atoms. The second-order valence-electron chi connectivity index (χ2n) is 8.65. The minimum atomic E-state index is -3.41. The van der Waals surface area contributed by atoms with Gasteiger partial charge in [-0.25, -0.2) is 12.8 Å². The van der Waals surface area contributed by atoms with Crippen molar-refractivity contribution >= 4 is 38.7 Å². The predicted octanol–water partition coefficient (Wildman–Crippen LogP) is 4.87. The first kappa shape index (κ1) is 24.0. The van der Waals surface area contributed by atoms with Crippen molar-refractivity contribution in [1.29, 1.82) is 0 Å². The molecule has 10 heteroatoms. The molecule has 2 N–H and O–H groups in total. The Balaban J connectivity index is 1.63. The van der Waals surface area contributed by atoms with E-state index < -0.39 is 10.0 Å². The van der Waals surface area contributed by atoms with Gasteiger partial charge in [-0.3, -0.25) is 9.71 Å². The van der Waals surface area contributed by atoms with Crippen LogP contribution in [0.15, 0.2) is 85.2 Å². The number of benzene rings is 2. The van der Waals surface area contributed by atoms with Crippen LogP contribution in [0.1, 0.15) is 29.0 Å². The molecule has 2 atom stereocenters. The number of nitrogens with one attached hydrogen (secondary N) is 2. The minimum Gasteiger partial charge on any atom is -0.351 e. The van der Waals surface area contributed by atoms with Gasteiger partial charge in [-0.05, 0) is 91.4 Å². The third kappa shape index (κ3) is 4.69. The third-order valence-corrected chi connectivity index (χ3v) is 6.97. The quantitative estimate of drug-likeness (QED) is 0.353. The minimum absolute atomic E-state index is 0.262. The topological polar surface area (TPSA) is 79.3 Å². The lowest BCUT2D eigenvalue weighted by Crippen LogP contribution is -2.30. The lowest BCUT2D eigenvalue weighted by atomic mass is 10.0. The summed E-state index contributed by atoms with van der Waals surface area (Å²) in [5.74, 6) is -0.303. The molecule has 0 aliphatic carbocycles. The van der Waals surface area contributed by atoms with Crippen LogP contribution < -0.4 is 14.9 Å². The fourth-order valence-corrected chi connectivity index (χ4v) is 5.49. The van der Waals surface area contributed by atoms with Crippen LogP contribution in [0.4, 0.5) is 15.8 Å². The first-order valence-electron chi connectivity index (χ1n) is 11.2. The number of pyridine rings is 1. The first-order valence-corrected chi connectivity index (χ1v) is 13.5. The summed E-state index contributed by atoms with van der Waals surface area (Å²) >= 11 is 5.81. The largest absolute Gasteiger partial charge is 0.351 e. The SMILES string of the molecule is Cc1cc(N2C(=S)N[C@H](c3ccccn3)[C@H]2c2cccn2-c2ccc(F)cc2)ccc1NS(C)(=O)=O. The van der Waals surface area contributed by atoms with Crippen molar-refractivity contribution in [3.05, 3.63) is 108 Å². The Hall–Kier alpha value is -3.76. The molecule has 2 aromatic carbocycles. The Labute approximate surface area is 214 Å². The van der Waals surface area contributed by atoms with Gasteiger partial charge in [-0.15, -0.1) is 0 Å². The van der Waals surface area contributed by atoms with Crippen LogP contribution in [0.5, 0.6) is 0 Å². The van der Waals surface area contributed by atoms with E-state index in [9.17, 15) is 12.8 Å². The molecule has 1 fully saturated rings. The zero-order valence-electron chi connectivity index (χ0n) is 19.6. The van der Waals surface area contributed by atoms with Crippen LogP contribution in [0.25, 0.3) is 5.69 Å². The molecule has 4 aromatic rings. The fourth-order valence-electron chi connectivity index (χ4n) is 4.52. The average molecular weight is 522 g/mol. The van der Waals surface area contributed by atoms with E-state index in [4.69, 9.17) is 12.2 Å². The maximum Gasteiger partial charge on any atom is 0.229 e. The number of aromatic nitrogens is 2. The van der Waals surface area contributed by atoms with Crippen molar-refractivity contribution in [2.45, 2.75) is 19.0 Å². The number of nitrogens with zero attached hydrogens (tertiary/aromatic N) is 3. The molecule has 3 heterocycles. The zero-order valence-corrected chi connectivity index (χ0v) is 21.2. The molecule has 1 aliphatic heterocycles. The van der Waals surface area contributed by atoms with Gasteiger partial charge in [0.05, 0.1) is 23.7 Å². The van der Waals surface area contributed by atoms with Gasteiger partial charge in [-0.2, -0.15) is 0 Å². The van der Waals surface area contributed by atoms with Crippen LogP contribution in [-0.2, 0) is 10.0 Å². The summed E-state index contributed by atoms with van der Waals surface area (Å²) in [6, 6.07) is 21.0. The molecule has 0 amide bonds. The van der Waals surface area contributed by atoms with Crippen molar-refractivity contribution in [3.8, 4) is 5.69 Å². The molecule has 1 aliphatic rings. The molecule has 0 unspecified atom stereocenters. The van der Waals surface area contributed by atoms with Gasteiger partial charge in [0.15, 0.2) is 5.11 Å². The van der Waals surface area contributed by atoms with Crippen molar-refractivity contribution in [3.63, 3.8) is 0 Å². The predicted molar refractivity (Wildman–Crippen MR) is 143 cm³/mol. The highest BCUT2D eigenvalue weighted by molar-refractivity contribution is 7.92. The van der Waals surface area contributed by atoms with E-state index in [0.29, 0.717) is 10.8 Å². The maximum atomic E-state index is 13.6.